The fraction of sp³-hybridized carbons (Fsp3) is 0.784. The smallest absolute Gasteiger partial charge is 0.351 e. The molecule has 18 heteroatoms. The summed E-state index contributed by atoms with van der Waals surface area (Å²) in [5.74, 6) is 0.300. The lowest BCUT2D eigenvalue weighted by Crippen LogP contribution is -2.59. The summed E-state index contributed by atoms with van der Waals surface area (Å²) in [6, 6.07) is 1.50. The predicted octanol–water partition coefficient (Wildman–Crippen LogP) is 3.28. The quantitative estimate of drug-likeness (QED) is 0.0659. The van der Waals surface area contributed by atoms with Crippen molar-refractivity contribution in [2.24, 2.45) is 0 Å². The van der Waals surface area contributed by atoms with Gasteiger partial charge in [0.25, 0.3) is 13.4 Å². The first kappa shape index (κ1) is 45.0. The van der Waals surface area contributed by atoms with E-state index < -0.39 is 73.3 Å². The number of H-pyrrole nitrogens is 1. The van der Waals surface area contributed by atoms with Gasteiger partial charge in [-0.25, -0.2) is 9.59 Å². The zero-order valence-electron chi connectivity index (χ0n) is 32.3. The molecule has 2 aliphatic heterocycles. The number of aliphatic hydroxyl groups excluding tert-OH is 3. The summed E-state index contributed by atoms with van der Waals surface area (Å²) in [7, 11) is -5.64. The minimum absolute atomic E-state index is 0.153. The summed E-state index contributed by atoms with van der Waals surface area (Å²) >= 11 is 0. The maximum Gasteiger partial charge on any atom is 0.351 e. The van der Waals surface area contributed by atoms with Gasteiger partial charge < -0.3 is 44.4 Å². The van der Waals surface area contributed by atoms with E-state index in [0.29, 0.717) is 12.4 Å². The van der Waals surface area contributed by atoms with E-state index in [4.69, 9.17) is 14.0 Å². The van der Waals surface area contributed by atoms with Crippen molar-refractivity contribution in [1.29, 1.82) is 0 Å². The van der Waals surface area contributed by atoms with E-state index in [9.17, 15) is 44.1 Å². The first-order valence-corrected chi connectivity index (χ1v) is 21.4. The van der Waals surface area contributed by atoms with Gasteiger partial charge in [-0.2, -0.15) is 4.98 Å². The summed E-state index contributed by atoms with van der Waals surface area (Å²) in [6.07, 6.45) is 10.8. The van der Waals surface area contributed by atoms with E-state index >= 15 is 0 Å². The maximum atomic E-state index is 13.1. The Morgan fingerprint density at radius 2 is 1.47 bits per heavy atom. The van der Waals surface area contributed by atoms with Crippen molar-refractivity contribution in [1.82, 2.24) is 19.1 Å². The lowest BCUT2D eigenvalue weighted by Gasteiger charge is -2.43. The average Bonchev–Trinajstić information content (AvgIpc) is 3.66. The second kappa shape index (κ2) is 21.1. The molecule has 0 saturated carbocycles. The lowest BCUT2D eigenvalue weighted by atomic mass is 9.86. The summed E-state index contributed by atoms with van der Waals surface area (Å²) in [4.78, 5) is 65.5. The van der Waals surface area contributed by atoms with Crippen molar-refractivity contribution in [2.45, 2.75) is 179 Å². The van der Waals surface area contributed by atoms with Gasteiger partial charge in [-0.3, -0.25) is 23.5 Å². The predicted molar refractivity (Wildman–Crippen MR) is 202 cm³/mol. The van der Waals surface area contributed by atoms with Gasteiger partial charge in [0.2, 0.25) is 0 Å². The monoisotopic (exact) mass is 798 g/mol. The third-order valence-electron chi connectivity index (χ3n) is 10.7. The van der Waals surface area contributed by atoms with E-state index in [2.05, 4.69) is 22.2 Å². The number of ether oxygens (including phenoxy) is 2. The van der Waals surface area contributed by atoms with Crippen LogP contribution in [0.15, 0.2) is 32.8 Å². The number of aromatic nitrogens is 4. The topological polar surface area (TPSA) is 251 Å². The highest BCUT2D eigenvalue weighted by Gasteiger charge is 2.61. The Morgan fingerprint density at radius 3 is 2.02 bits per heavy atom. The van der Waals surface area contributed by atoms with E-state index in [1.54, 1.807) is 0 Å². The lowest BCUT2D eigenvalue weighted by molar-refractivity contribution is -0.259. The fourth-order valence-corrected chi connectivity index (χ4v) is 8.32. The fourth-order valence-electron chi connectivity index (χ4n) is 7.61. The zero-order valence-corrected chi connectivity index (χ0v) is 33.2. The van der Waals surface area contributed by atoms with Gasteiger partial charge in [-0.1, -0.05) is 103 Å². The highest BCUT2D eigenvalue weighted by molar-refractivity contribution is 7.44. The van der Waals surface area contributed by atoms with Crippen molar-refractivity contribution >= 4 is 13.6 Å². The number of phosphoric acid groups is 1. The van der Waals surface area contributed by atoms with Crippen LogP contribution in [0.5, 0.6) is 0 Å². The van der Waals surface area contributed by atoms with E-state index in [1.165, 1.54) is 109 Å². The third-order valence-corrected chi connectivity index (χ3v) is 11.3. The Kier molecular flexibility index (Phi) is 17.3. The van der Waals surface area contributed by atoms with Crippen molar-refractivity contribution in [3.8, 4) is 0 Å². The summed E-state index contributed by atoms with van der Waals surface area (Å²) in [6.45, 7) is 5.36. The van der Waals surface area contributed by atoms with Gasteiger partial charge in [0, 0.05) is 30.9 Å². The minimum atomic E-state index is -5.64. The number of hydrogen-bond acceptors (Lipinski definition) is 13. The molecule has 17 nitrogen and oxygen atoms in total. The third kappa shape index (κ3) is 12.6. The molecule has 0 spiro atoms. The van der Waals surface area contributed by atoms with Crippen LogP contribution in [0.4, 0.5) is 5.82 Å². The van der Waals surface area contributed by atoms with E-state index in [0.717, 1.165) is 35.3 Å². The number of aliphatic hydroxyl groups is 3. The van der Waals surface area contributed by atoms with Crippen molar-refractivity contribution in [3.63, 3.8) is 0 Å². The number of nitrogens with one attached hydrogen (secondary N) is 2. The van der Waals surface area contributed by atoms with Crippen LogP contribution in [-0.2, 0) is 18.6 Å². The molecule has 4 rings (SSSR count). The standard InChI is InChI=1S/C37H62N5O12P/c1-4-5-6-7-8-9-10-11-12-13-14-15-16-17-18-19-21-38-27-20-22-41(35(47)39-27)34-30(45)29(44)32(53-34)37(3,54-55(49,50)51)31-26(43)23-28(52-31)42-24-25(2)33(46)40-36(42)48/h20,22,24,26,28-32,34,43-45H,4-19,21,23H2,1-3H3,(H,38,39,47)(H,40,46,48)(H2,49,50,51)/p-1. The molecule has 6 N–H and O–H groups in total. The normalized spacial score (nSPS) is 26.2. The molecule has 312 valence electrons. The molecule has 2 saturated heterocycles. The molecule has 0 radical (unpaired) electrons. The number of unbranched alkanes of at least 4 members (excludes halogenated alkanes) is 15. The Balaban J connectivity index is 1.26. The second-order valence-corrected chi connectivity index (χ2v) is 16.3. The van der Waals surface area contributed by atoms with Crippen LogP contribution in [0.1, 0.15) is 141 Å². The number of phosphoric ester groups is 1. The molecule has 55 heavy (non-hydrogen) atoms. The molecule has 2 fully saturated rings. The number of nitrogens with zero attached hydrogens (tertiary/aromatic N) is 3. The Morgan fingerprint density at radius 1 is 0.909 bits per heavy atom. The molecule has 0 aromatic carbocycles. The van der Waals surface area contributed by atoms with Gasteiger partial charge >= 0.3 is 11.4 Å². The van der Waals surface area contributed by atoms with Crippen LogP contribution < -0.4 is 27.1 Å². The van der Waals surface area contributed by atoms with Crippen molar-refractivity contribution < 1.29 is 43.7 Å². The number of anilines is 1. The van der Waals surface area contributed by atoms with Crippen molar-refractivity contribution in [2.75, 3.05) is 11.9 Å². The molecule has 0 amide bonds. The molecule has 0 aliphatic carbocycles. The van der Waals surface area contributed by atoms with Crippen LogP contribution in [0, 0.1) is 6.92 Å². The molecule has 0 bridgehead atoms. The summed E-state index contributed by atoms with van der Waals surface area (Å²) in [5.41, 5.74) is -4.60. The van der Waals surface area contributed by atoms with Crippen LogP contribution in [0.3, 0.4) is 0 Å². The van der Waals surface area contributed by atoms with E-state index in [-0.39, 0.29) is 12.0 Å². The van der Waals surface area contributed by atoms with Crippen LogP contribution in [-0.4, -0.2) is 82.0 Å². The molecule has 9 atom stereocenters. The number of hydrogen-bond donors (Lipinski definition) is 6. The molecule has 2 aromatic rings. The van der Waals surface area contributed by atoms with Crippen molar-refractivity contribution in [3.05, 3.63) is 55.3 Å². The molecular formula is C37H61N5O12P-. The Labute approximate surface area is 321 Å². The van der Waals surface area contributed by atoms with Gasteiger partial charge in [-0.15, -0.1) is 0 Å². The largest absolute Gasteiger partial charge is 0.756 e. The Hall–Kier alpha value is -2.73. The van der Waals surface area contributed by atoms with Crippen LogP contribution in [0.2, 0.25) is 0 Å². The van der Waals surface area contributed by atoms with Gasteiger partial charge in [0.15, 0.2) is 6.23 Å². The van der Waals surface area contributed by atoms with Gasteiger partial charge in [0.05, 0.1) is 6.10 Å². The molecule has 4 heterocycles. The van der Waals surface area contributed by atoms with Crippen LogP contribution >= 0.6 is 7.82 Å². The maximum absolute atomic E-state index is 13.1. The average molecular weight is 799 g/mol. The number of rotatable bonds is 24. The Bertz CT molecular complexity index is 1710. The molecule has 9 unspecified atom stereocenters. The van der Waals surface area contributed by atoms with E-state index in [1.807, 2.05) is 0 Å². The second-order valence-electron chi connectivity index (χ2n) is 15.2. The number of aromatic amines is 1. The summed E-state index contributed by atoms with van der Waals surface area (Å²) < 4.78 is 30.8. The molecular weight excluding hydrogens is 737 g/mol. The minimum Gasteiger partial charge on any atom is -0.756 e. The first-order chi connectivity index (χ1) is 26.2. The highest BCUT2D eigenvalue weighted by atomic mass is 31.2. The zero-order chi connectivity index (χ0) is 40.2. The number of aryl methyl sites for hydroxylation is 1. The van der Waals surface area contributed by atoms with Crippen LogP contribution in [0.25, 0.3) is 0 Å². The molecule has 2 aliphatic rings. The summed E-state index contributed by atoms with van der Waals surface area (Å²) in [5, 5.41) is 36.3. The SMILES string of the molecule is CCCCCCCCCCCCCCCCCCNc1ccn(C2OC(C(C)(OP(=O)([O-])O)C3OC(n4cc(C)c(=O)[nH]c4=O)CC3O)C(O)C2O)c(=O)n1. The van der Waals surface area contributed by atoms with Gasteiger partial charge in [0.1, 0.15) is 42.1 Å². The molecule has 2 aromatic heterocycles. The first-order valence-electron chi connectivity index (χ1n) is 19.9. The highest BCUT2D eigenvalue weighted by Crippen LogP contribution is 2.49. The van der Waals surface area contributed by atoms with Gasteiger partial charge in [-0.05, 0) is 26.3 Å².